The number of hydrogen-bond donors (Lipinski definition) is 1. The van der Waals surface area contributed by atoms with E-state index in [4.69, 9.17) is 9.15 Å². The summed E-state index contributed by atoms with van der Waals surface area (Å²) in [4.78, 5) is 13.2. The van der Waals surface area contributed by atoms with Crippen LogP contribution in [0.1, 0.15) is 21.0 Å². The smallest absolute Gasteiger partial charge is 0.262 e. The molecule has 0 bridgehead atoms. The van der Waals surface area contributed by atoms with E-state index >= 15 is 0 Å². The van der Waals surface area contributed by atoms with Crippen LogP contribution in [-0.4, -0.2) is 5.91 Å². The van der Waals surface area contributed by atoms with Gasteiger partial charge in [0.2, 0.25) is 0 Å². The van der Waals surface area contributed by atoms with Gasteiger partial charge in [-0.3, -0.25) is 4.79 Å². The van der Waals surface area contributed by atoms with Crippen LogP contribution in [0.3, 0.4) is 0 Å². The number of rotatable bonds is 6. The van der Waals surface area contributed by atoms with Gasteiger partial charge in [0.25, 0.3) is 5.91 Å². The molecular formula is C21H16FNO3S. The second-order valence-corrected chi connectivity index (χ2v) is 6.94. The summed E-state index contributed by atoms with van der Waals surface area (Å²) in [6.45, 7) is 0.371. The third-order valence-electron chi connectivity index (χ3n) is 4.10. The maximum Gasteiger partial charge on any atom is 0.262 e. The van der Waals surface area contributed by atoms with E-state index in [1.165, 1.54) is 17.4 Å². The minimum Gasteiger partial charge on any atom is -0.489 e. The molecule has 2 aromatic heterocycles. The summed E-state index contributed by atoms with van der Waals surface area (Å²) in [5.74, 6) is 0.673. The molecule has 2 heterocycles. The van der Waals surface area contributed by atoms with Crippen LogP contribution in [0.5, 0.6) is 5.75 Å². The zero-order valence-corrected chi connectivity index (χ0v) is 15.1. The Balaban J connectivity index is 1.64. The van der Waals surface area contributed by atoms with Gasteiger partial charge in [-0.1, -0.05) is 24.3 Å². The predicted molar refractivity (Wildman–Crippen MR) is 102 cm³/mol. The summed E-state index contributed by atoms with van der Waals surface area (Å²) in [7, 11) is 0. The van der Waals surface area contributed by atoms with Crippen molar-refractivity contribution in [3.63, 3.8) is 0 Å². The fraction of sp³-hybridized carbons (Fsp3) is 0.0952. The van der Waals surface area contributed by atoms with E-state index in [1.807, 2.05) is 30.3 Å². The van der Waals surface area contributed by atoms with Crippen molar-refractivity contribution in [2.75, 3.05) is 0 Å². The van der Waals surface area contributed by atoms with Crippen LogP contribution in [0, 0.1) is 5.82 Å². The molecule has 0 atom stereocenters. The summed E-state index contributed by atoms with van der Waals surface area (Å²) in [6, 6.07) is 17.6. The lowest BCUT2D eigenvalue weighted by Gasteiger charge is -2.08. The number of benzene rings is 2. The highest BCUT2D eigenvalue weighted by Gasteiger charge is 2.21. The molecule has 0 spiro atoms. The van der Waals surface area contributed by atoms with E-state index < -0.39 is 0 Å². The molecule has 6 heteroatoms. The third kappa shape index (κ3) is 3.71. The van der Waals surface area contributed by atoms with E-state index in [0.717, 1.165) is 0 Å². The second-order valence-electron chi connectivity index (χ2n) is 5.89. The van der Waals surface area contributed by atoms with Gasteiger partial charge in [0, 0.05) is 15.6 Å². The number of amides is 1. The first-order valence-electron chi connectivity index (χ1n) is 8.40. The van der Waals surface area contributed by atoms with Gasteiger partial charge in [-0.15, -0.1) is 11.3 Å². The van der Waals surface area contributed by atoms with Crippen molar-refractivity contribution in [3.05, 3.63) is 88.9 Å². The number of para-hydroxylation sites is 1. The number of halogens is 1. The molecule has 27 heavy (non-hydrogen) atoms. The van der Waals surface area contributed by atoms with Gasteiger partial charge in [0.1, 0.15) is 23.9 Å². The molecule has 0 aliphatic heterocycles. The fourth-order valence-electron chi connectivity index (χ4n) is 2.82. The minimum absolute atomic E-state index is 0.106. The maximum atomic E-state index is 14.5. The monoisotopic (exact) mass is 381 g/mol. The average molecular weight is 381 g/mol. The van der Waals surface area contributed by atoms with Crippen molar-refractivity contribution < 1.29 is 18.3 Å². The lowest BCUT2D eigenvalue weighted by Crippen LogP contribution is -2.23. The lowest BCUT2D eigenvalue weighted by atomic mass is 10.1. The standard InChI is InChI=1S/C21H16FNO3S/c22-17-9-4-10-18-19(17)16(13-26-14-6-2-1-3-7-14)20(27-18)21(24)23-12-15-8-5-11-25-15/h1-11H,12-13H2,(H,23,24). The Bertz CT molecular complexity index is 1060. The van der Waals surface area contributed by atoms with E-state index in [9.17, 15) is 9.18 Å². The number of furan rings is 1. The highest BCUT2D eigenvalue weighted by Crippen LogP contribution is 2.34. The summed E-state index contributed by atoms with van der Waals surface area (Å²) in [5, 5.41) is 3.25. The molecule has 0 saturated heterocycles. The number of fused-ring (bicyclic) bond motifs is 1. The topological polar surface area (TPSA) is 51.5 Å². The Labute approximate surface area is 159 Å². The van der Waals surface area contributed by atoms with Gasteiger partial charge in [-0.2, -0.15) is 0 Å². The lowest BCUT2D eigenvalue weighted by molar-refractivity contribution is 0.0950. The van der Waals surface area contributed by atoms with Crippen molar-refractivity contribution in [2.24, 2.45) is 0 Å². The van der Waals surface area contributed by atoms with Crippen LogP contribution in [0.25, 0.3) is 10.1 Å². The summed E-state index contributed by atoms with van der Waals surface area (Å²) in [6.07, 6.45) is 1.55. The Morgan fingerprint density at radius 3 is 2.70 bits per heavy atom. The van der Waals surface area contributed by atoms with E-state index in [0.29, 0.717) is 32.0 Å². The summed E-state index contributed by atoms with van der Waals surface area (Å²) in [5.41, 5.74) is 0.550. The van der Waals surface area contributed by atoms with Gasteiger partial charge in [-0.25, -0.2) is 4.39 Å². The first kappa shape index (κ1) is 17.3. The molecule has 0 aliphatic rings. The van der Waals surface area contributed by atoms with Gasteiger partial charge < -0.3 is 14.5 Å². The molecule has 4 rings (SSSR count). The Hall–Kier alpha value is -3.12. The highest BCUT2D eigenvalue weighted by atomic mass is 32.1. The van der Waals surface area contributed by atoms with Crippen LogP contribution in [0.2, 0.25) is 0 Å². The minimum atomic E-state index is -0.361. The van der Waals surface area contributed by atoms with Crippen LogP contribution in [0.4, 0.5) is 4.39 Å². The number of ether oxygens (including phenoxy) is 1. The van der Waals surface area contributed by atoms with Crippen LogP contribution < -0.4 is 10.1 Å². The zero-order valence-electron chi connectivity index (χ0n) is 14.3. The average Bonchev–Trinajstić information content (AvgIpc) is 3.33. The van der Waals surface area contributed by atoms with Crippen molar-refractivity contribution in [1.82, 2.24) is 5.32 Å². The first-order chi connectivity index (χ1) is 13.2. The fourth-order valence-corrected chi connectivity index (χ4v) is 3.96. The van der Waals surface area contributed by atoms with E-state index in [-0.39, 0.29) is 24.9 Å². The van der Waals surface area contributed by atoms with Crippen LogP contribution in [-0.2, 0) is 13.2 Å². The highest BCUT2D eigenvalue weighted by molar-refractivity contribution is 7.21. The predicted octanol–water partition coefficient (Wildman–Crippen LogP) is 5.14. The molecule has 0 fully saturated rings. The first-order valence-corrected chi connectivity index (χ1v) is 9.22. The normalized spacial score (nSPS) is 10.9. The largest absolute Gasteiger partial charge is 0.489 e. The van der Waals surface area contributed by atoms with Crippen molar-refractivity contribution in [3.8, 4) is 5.75 Å². The molecule has 0 unspecified atom stereocenters. The molecule has 0 aliphatic carbocycles. The van der Waals surface area contributed by atoms with Crippen LogP contribution in [0.15, 0.2) is 71.3 Å². The molecule has 1 amide bonds. The summed E-state index contributed by atoms with van der Waals surface area (Å²) < 4.78 is 26.2. The number of carbonyl (C=O) groups excluding carboxylic acids is 1. The molecule has 2 aromatic carbocycles. The van der Waals surface area contributed by atoms with Crippen molar-refractivity contribution in [2.45, 2.75) is 13.2 Å². The van der Waals surface area contributed by atoms with Crippen molar-refractivity contribution in [1.29, 1.82) is 0 Å². The molecule has 136 valence electrons. The van der Waals surface area contributed by atoms with Gasteiger partial charge >= 0.3 is 0 Å². The Kier molecular flexibility index (Phi) is 4.89. The van der Waals surface area contributed by atoms with Gasteiger partial charge in [0.15, 0.2) is 0 Å². The summed E-state index contributed by atoms with van der Waals surface area (Å²) >= 11 is 1.26. The molecule has 1 N–H and O–H groups in total. The Morgan fingerprint density at radius 1 is 1.07 bits per heavy atom. The van der Waals surface area contributed by atoms with Crippen molar-refractivity contribution >= 4 is 27.3 Å². The van der Waals surface area contributed by atoms with Gasteiger partial charge in [-0.05, 0) is 36.4 Å². The SMILES string of the molecule is O=C(NCc1ccco1)c1sc2cccc(F)c2c1COc1ccccc1. The zero-order chi connectivity index (χ0) is 18.6. The van der Waals surface area contributed by atoms with Gasteiger partial charge in [0.05, 0.1) is 17.7 Å². The molecule has 0 saturated carbocycles. The van der Waals surface area contributed by atoms with E-state index in [2.05, 4.69) is 5.32 Å². The van der Waals surface area contributed by atoms with E-state index in [1.54, 1.807) is 30.5 Å². The molecule has 4 aromatic rings. The second kappa shape index (κ2) is 7.63. The molecular weight excluding hydrogens is 365 g/mol. The number of thiophene rings is 1. The Morgan fingerprint density at radius 2 is 1.93 bits per heavy atom. The number of hydrogen-bond acceptors (Lipinski definition) is 4. The van der Waals surface area contributed by atoms with Crippen LogP contribution >= 0.6 is 11.3 Å². The maximum absolute atomic E-state index is 14.5. The third-order valence-corrected chi connectivity index (χ3v) is 5.30. The quantitative estimate of drug-likeness (QED) is 0.503. The molecule has 0 radical (unpaired) electrons. The number of nitrogens with one attached hydrogen (secondary N) is 1. The molecule has 4 nitrogen and oxygen atoms in total. The number of carbonyl (C=O) groups is 1.